The van der Waals surface area contributed by atoms with Crippen LogP contribution in [0.1, 0.15) is 31.7 Å². The summed E-state index contributed by atoms with van der Waals surface area (Å²) in [6, 6.07) is 3.99. The molecule has 7 nitrogen and oxygen atoms in total. The average molecular weight is 360 g/mol. The Kier molecular flexibility index (Phi) is 8.08. The van der Waals surface area contributed by atoms with E-state index in [-0.39, 0.29) is 5.91 Å². The van der Waals surface area contributed by atoms with Crippen LogP contribution in [0.25, 0.3) is 0 Å². The Morgan fingerprint density at radius 2 is 2.12 bits per heavy atom. The van der Waals surface area contributed by atoms with E-state index in [0.717, 1.165) is 19.6 Å². The summed E-state index contributed by atoms with van der Waals surface area (Å²) >= 11 is 0. The summed E-state index contributed by atoms with van der Waals surface area (Å²) in [7, 11) is 0. The molecule has 1 aromatic rings. The second-order valence-corrected chi connectivity index (χ2v) is 6.49. The van der Waals surface area contributed by atoms with E-state index < -0.39 is 11.8 Å². The predicted octanol–water partition coefficient (Wildman–Crippen LogP) is 1.24. The van der Waals surface area contributed by atoms with E-state index >= 15 is 0 Å². The quantitative estimate of drug-likeness (QED) is 0.510. The van der Waals surface area contributed by atoms with Gasteiger partial charge in [0.15, 0.2) is 0 Å². The van der Waals surface area contributed by atoms with E-state index in [1.807, 2.05) is 12.1 Å². The van der Waals surface area contributed by atoms with Crippen LogP contribution in [-0.2, 0) is 16.1 Å². The summed E-state index contributed by atoms with van der Waals surface area (Å²) in [5.41, 5.74) is 6.28. The number of nitrogens with zero attached hydrogens (tertiary/aromatic N) is 2. The Balaban J connectivity index is 1.69. The molecule has 0 bridgehead atoms. The van der Waals surface area contributed by atoms with Crippen molar-refractivity contribution in [2.24, 2.45) is 11.7 Å². The number of hydrogen-bond donors (Lipinski definition) is 2. The van der Waals surface area contributed by atoms with Crippen LogP contribution < -0.4 is 15.8 Å². The summed E-state index contributed by atoms with van der Waals surface area (Å²) in [4.78, 5) is 29.1. The molecule has 0 saturated carbocycles. The molecule has 1 saturated heterocycles. The molecule has 1 unspecified atom stereocenters. The van der Waals surface area contributed by atoms with Crippen LogP contribution in [0, 0.1) is 5.92 Å². The lowest BCUT2D eigenvalue weighted by atomic mass is 10.1. The number of piperidine rings is 1. The number of primary amides is 1. The molecule has 0 aliphatic carbocycles. The number of hydrogen-bond acceptors (Lipinski definition) is 5. The second-order valence-electron chi connectivity index (χ2n) is 6.49. The molecule has 1 aliphatic rings. The molecule has 0 aromatic carbocycles. The third-order valence-electron chi connectivity index (χ3n) is 4.36. The van der Waals surface area contributed by atoms with E-state index in [1.165, 1.54) is 31.7 Å². The number of rotatable bonds is 9. The molecule has 1 atom stereocenters. The number of carbonyl (C=O) groups excluding carboxylic acids is 2. The number of aromatic nitrogens is 1. The fourth-order valence-corrected chi connectivity index (χ4v) is 2.73. The van der Waals surface area contributed by atoms with Gasteiger partial charge in [0, 0.05) is 25.4 Å². The average Bonchev–Trinajstić information content (AvgIpc) is 2.64. The van der Waals surface area contributed by atoms with E-state index in [9.17, 15) is 9.59 Å². The molecule has 7 heteroatoms. The van der Waals surface area contributed by atoms with Crippen LogP contribution in [0.3, 0.4) is 0 Å². The van der Waals surface area contributed by atoms with Crippen LogP contribution in [0.5, 0.6) is 5.88 Å². The number of ether oxygens (including phenoxy) is 1. The highest BCUT2D eigenvalue weighted by Crippen LogP contribution is 2.15. The topological polar surface area (TPSA) is 97.5 Å². The summed E-state index contributed by atoms with van der Waals surface area (Å²) in [5, 5.41) is 2.61. The van der Waals surface area contributed by atoms with E-state index in [0.29, 0.717) is 19.0 Å². The number of amides is 2. The van der Waals surface area contributed by atoms with Gasteiger partial charge in [0.05, 0.1) is 0 Å². The van der Waals surface area contributed by atoms with Crippen molar-refractivity contribution in [3.05, 3.63) is 36.0 Å². The minimum absolute atomic E-state index is 0.322. The van der Waals surface area contributed by atoms with Crippen LogP contribution in [0.2, 0.25) is 0 Å². The zero-order valence-corrected chi connectivity index (χ0v) is 15.3. The van der Waals surface area contributed by atoms with Crippen LogP contribution >= 0.6 is 0 Å². The summed E-state index contributed by atoms with van der Waals surface area (Å²) in [6.45, 7) is 5.40. The van der Waals surface area contributed by atoms with Crippen molar-refractivity contribution in [3.63, 3.8) is 0 Å². The number of nitrogens with one attached hydrogen (secondary N) is 1. The first kappa shape index (κ1) is 19.9. The van der Waals surface area contributed by atoms with Gasteiger partial charge in [-0.05, 0) is 50.6 Å². The Bertz CT molecular complexity index is 627. The van der Waals surface area contributed by atoms with Crippen LogP contribution in [0.15, 0.2) is 30.5 Å². The fourth-order valence-electron chi connectivity index (χ4n) is 2.73. The van der Waals surface area contributed by atoms with Crippen molar-refractivity contribution >= 4 is 11.8 Å². The van der Waals surface area contributed by atoms with E-state index in [4.69, 9.17) is 10.5 Å². The van der Waals surface area contributed by atoms with Gasteiger partial charge in [0.2, 0.25) is 17.7 Å². The predicted molar refractivity (Wildman–Crippen MR) is 99.4 cm³/mol. The SMILES string of the molecule is CC(C(N)=O)C(=O)NC/C=C\COc1cc(CN2CCCCC2)ccn1. The summed E-state index contributed by atoms with van der Waals surface area (Å²) in [5.74, 6) is -1.25. The molecule has 2 heterocycles. The monoisotopic (exact) mass is 360 g/mol. The smallest absolute Gasteiger partial charge is 0.232 e. The van der Waals surface area contributed by atoms with Gasteiger partial charge in [-0.25, -0.2) is 4.98 Å². The highest BCUT2D eigenvalue weighted by Gasteiger charge is 2.17. The standard InChI is InChI=1S/C19H28N4O3/c1-15(18(20)24)19(25)22-8-3-6-12-26-17-13-16(7-9-21-17)14-23-10-4-2-5-11-23/h3,6-7,9,13,15H,2,4-5,8,10-12,14H2,1H3,(H2,20,24)(H,22,25)/b6-3-. The molecule has 1 aromatic heterocycles. The van der Waals surface area contributed by atoms with Gasteiger partial charge < -0.3 is 15.8 Å². The van der Waals surface area contributed by atoms with Crippen molar-refractivity contribution in [1.82, 2.24) is 15.2 Å². The van der Waals surface area contributed by atoms with Gasteiger partial charge in [-0.15, -0.1) is 0 Å². The largest absolute Gasteiger partial charge is 0.473 e. The van der Waals surface area contributed by atoms with Gasteiger partial charge in [0.1, 0.15) is 12.5 Å². The highest BCUT2D eigenvalue weighted by molar-refractivity contribution is 5.99. The van der Waals surface area contributed by atoms with Gasteiger partial charge in [-0.1, -0.05) is 12.5 Å². The van der Waals surface area contributed by atoms with E-state index in [1.54, 1.807) is 18.3 Å². The van der Waals surface area contributed by atoms with Gasteiger partial charge in [0.25, 0.3) is 0 Å². The number of pyridine rings is 1. The maximum atomic E-state index is 11.5. The van der Waals surface area contributed by atoms with Crippen molar-refractivity contribution in [1.29, 1.82) is 0 Å². The van der Waals surface area contributed by atoms with Gasteiger partial charge >= 0.3 is 0 Å². The second kappa shape index (κ2) is 10.6. The zero-order valence-electron chi connectivity index (χ0n) is 15.3. The zero-order chi connectivity index (χ0) is 18.8. The number of likely N-dealkylation sites (tertiary alicyclic amines) is 1. The Morgan fingerprint density at radius 1 is 1.35 bits per heavy atom. The minimum atomic E-state index is -0.827. The first-order valence-electron chi connectivity index (χ1n) is 9.08. The molecule has 1 aliphatic heterocycles. The molecule has 142 valence electrons. The lowest BCUT2D eigenvalue weighted by Crippen LogP contribution is -2.36. The van der Waals surface area contributed by atoms with Crippen molar-refractivity contribution in [2.45, 2.75) is 32.7 Å². The Morgan fingerprint density at radius 3 is 2.85 bits per heavy atom. The van der Waals surface area contributed by atoms with Gasteiger partial charge in [-0.2, -0.15) is 0 Å². The Hall–Kier alpha value is -2.41. The van der Waals surface area contributed by atoms with Crippen molar-refractivity contribution in [2.75, 3.05) is 26.2 Å². The molecule has 26 heavy (non-hydrogen) atoms. The number of carbonyl (C=O) groups is 2. The molecule has 3 N–H and O–H groups in total. The molecule has 0 spiro atoms. The Labute approximate surface area is 154 Å². The summed E-state index contributed by atoms with van der Waals surface area (Å²) in [6.07, 6.45) is 9.21. The van der Waals surface area contributed by atoms with Crippen molar-refractivity contribution < 1.29 is 14.3 Å². The maximum Gasteiger partial charge on any atom is 0.232 e. The first-order valence-corrected chi connectivity index (χ1v) is 9.08. The number of nitrogens with two attached hydrogens (primary N) is 1. The molecule has 2 rings (SSSR count). The third kappa shape index (κ3) is 6.84. The normalized spacial score (nSPS) is 16.3. The van der Waals surface area contributed by atoms with Crippen LogP contribution in [-0.4, -0.2) is 47.9 Å². The molecular weight excluding hydrogens is 332 g/mol. The molecule has 0 radical (unpaired) electrons. The molecule has 2 amide bonds. The molecular formula is C19H28N4O3. The molecule has 1 fully saturated rings. The van der Waals surface area contributed by atoms with E-state index in [2.05, 4.69) is 15.2 Å². The lowest BCUT2D eigenvalue weighted by Gasteiger charge is -2.26. The highest BCUT2D eigenvalue weighted by atomic mass is 16.5. The van der Waals surface area contributed by atoms with Crippen LogP contribution in [0.4, 0.5) is 0 Å². The fraction of sp³-hybridized carbons (Fsp3) is 0.526. The van der Waals surface area contributed by atoms with Crippen molar-refractivity contribution in [3.8, 4) is 5.88 Å². The van der Waals surface area contributed by atoms with Gasteiger partial charge in [-0.3, -0.25) is 14.5 Å². The minimum Gasteiger partial charge on any atom is -0.473 e. The first-order chi connectivity index (χ1) is 12.6. The lowest BCUT2D eigenvalue weighted by molar-refractivity contribution is -0.132. The summed E-state index contributed by atoms with van der Waals surface area (Å²) < 4.78 is 5.63. The maximum absolute atomic E-state index is 11.5. The third-order valence-corrected chi connectivity index (χ3v) is 4.36.